The molecular weight excluding hydrogens is 295 g/mol. The second-order valence-electron chi connectivity index (χ2n) is 6.05. The highest BCUT2D eigenvalue weighted by molar-refractivity contribution is 5.53. The Hall–Kier alpha value is -1.79. The predicted molar refractivity (Wildman–Crippen MR) is 86.2 cm³/mol. The van der Waals surface area contributed by atoms with Crippen LogP contribution in [0.2, 0.25) is 0 Å². The molecule has 1 saturated heterocycles. The van der Waals surface area contributed by atoms with Crippen LogP contribution in [0.4, 0.5) is 4.39 Å². The summed E-state index contributed by atoms with van der Waals surface area (Å²) >= 11 is 0. The third kappa shape index (κ3) is 4.36. The van der Waals surface area contributed by atoms with E-state index in [1.54, 1.807) is 12.1 Å². The molecule has 0 unspecified atom stereocenters. The van der Waals surface area contributed by atoms with E-state index in [0.29, 0.717) is 18.3 Å². The number of nitrogens with one attached hydrogen (secondary N) is 1. The van der Waals surface area contributed by atoms with Gasteiger partial charge in [-0.3, -0.25) is 4.90 Å². The summed E-state index contributed by atoms with van der Waals surface area (Å²) in [4.78, 5) is 6.77. The second-order valence-corrected chi connectivity index (χ2v) is 6.05. The molecule has 1 aliphatic rings. The summed E-state index contributed by atoms with van der Waals surface area (Å²) in [6, 6.07) is 6.13. The Morgan fingerprint density at radius 1 is 1.26 bits per heavy atom. The highest BCUT2D eigenvalue weighted by atomic mass is 19.1. The molecule has 2 heterocycles. The lowest BCUT2D eigenvalue weighted by Gasteiger charge is -2.30. The number of piperidine rings is 1. The molecule has 1 aliphatic heterocycles. The van der Waals surface area contributed by atoms with Crippen molar-refractivity contribution in [1.82, 2.24) is 20.4 Å². The van der Waals surface area contributed by atoms with Gasteiger partial charge in [-0.2, -0.15) is 4.98 Å². The van der Waals surface area contributed by atoms with E-state index in [0.717, 1.165) is 37.7 Å². The number of hydrogen-bond donors (Lipinski definition) is 1. The van der Waals surface area contributed by atoms with Crippen molar-refractivity contribution < 1.29 is 8.91 Å². The number of likely N-dealkylation sites (tertiary alicyclic amines) is 1. The van der Waals surface area contributed by atoms with Crippen LogP contribution < -0.4 is 5.32 Å². The van der Waals surface area contributed by atoms with Gasteiger partial charge in [0.25, 0.3) is 0 Å². The van der Waals surface area contributed by atoms with Crippen molar-refractivity contribution in [1.29, 1.82) is 0 Å². The molecule has 0 saturated carbocycles. The average Bonchev–Trinajstić information content (AvgIpc) is 3.03. The maximum absolute atomic E-state index is 13.0. The smallest absolute Gasteiger partial charge is 0.241 e. The normalized spacial score (nSPS) is 16.8. The van der Waals surface area contributed by atoms with Crippen molar-refractivity contribution in [3.63, 3.8) is 0 Å². The molecule has 0 atom stereocenters. The number of rotatable bonds is 6. The van der Waals surface area contributed by atoms with Crippen molar-refractivity contribution >= 4 is 0 Å². The minimum Gasteiger partial charge on any atom is -0.338 e. The van der Waals surface area contributed by atoms with E-state index < -0.39 is 0 Å². The Balaban J connectivity index is 1.53. The lowest BCUT2D eigenvalue weighted by molar-refractivity contribution is 0.158. The zero-order valence-corrected chi connectivity index (χ0v) is 13.5. The summed E-state index contributed by atoms with van der Waals surface area (Å²) in [7, 11) is 0. The van der Waals surface area contributed by atoms with E-state index in [4.69, 9.17) is 4.52 Å². The Morgan fingerprint density at radius 3 is 2.70 bits per heavy atom. The minimum atomic E-state index is -0.266. The Morgan fingerprint density at radius 2 is 2.00 bits per heavy atom. The fraction of sp³-hybridized carbons (Fsp3) is 0.529. The second kappa shape index (κ2) is 7.66. The van der Waals surface area contributed by atoms with Crippen LogP contribution in [-0.2, 0) is 6.54 Å². The summed E-state index contributed by atoms with van der Waals surface area (Å²) in [5, 5.41) is 7.41. The predicted octanol–water partition coefficient (Wildman–Crippen LogP) is 2.70. The molecule has 124 valence electrons. The van der Waals surface area contributed by atoms with E-state index >= 15 is 0 Å². The molecular formula is C17H23FN4O. The molecule has 0 spiro atoms. The van der Waals surface area contributed by atoms with E-state index in [1.807, 2.05) is 0 Å². The highest BCUT2D eigenvalue weighted by Gasteiger charge is 2.20. The third-order valence-corrected chi connectivity index (χ3v) is 4.32. The zero-order valence-electron chi connectivity index (χ0n) is 13.5. The Kier molecular flexibility index (Phi) is 5.35. The molecule has 5 nitrogen and oxygen atoms in total. The summed E-state index contributed by atoms with van der Waals surface area (Å²) < 4.78 is 18.3. The quantitative estimate of drug-likeness (QED) is 0.887. The van der Waals surface area contributed by atoms with E-state index in [1.165, 1.54) is 25.0 Å². The number of halogens is 1. The minimum absolute atomic E-state index is 0.266. The highest BCUT2D eigenvalue weighted by Crippen LogP contribution is 2.20. The van der Waals surface area contributed by atoms with Crippen LogP contribution in [0.25, 0.3) is 11.4 Å². The largest absolute Gasteiger partial charge is 0.338 e. The van der Waals surface area contributed by atoms with Crippen LogP contribution in [0.1, 0.15) is 25.7 Å². The van der Waals surface area contributed by atoms with Crippen LogP contribution in [0.3, 0.4) is 0 Å². The molecule has 0 amide bonds. The summed E-state index contributed by atoms with van der Waals surface area (Å²) in [6.07, 6.45) is 2.40. The summed E-state index contributed by atoms with van der Waals surface area (Å²) in [5.74, 6) is 1.64. The van der Waals surface area contributed by atoms with Gasteiger partial charge < -0.3 is 9.84 Å². The zero-order chi connectivity index (χ0) is 16.1. The van der Waals surface area contributed by atoms with Gasteiger partial charge in [0.05, 0.1) is 6.54 Å². The van der Waals surface area contributed by atoms with E-state index in [9.17, 15) is 4.39 Å². The van der Waals surface area contributed by atoms with E-state index in [2.05, 4.69) is 27.3 Å². The monoisotopic (exact) mass is 318 g/mol. The molecule has 1 N–H and O–H groups in total. The Labute approximate surface area is 135 Å². The fourth-order valence-electron chi connectivity index (χ4n) is 2.92. The molecule has 1 aromatic heterocycles. The van der Waals surface area contributed by atoms with Crippen molar-refractivity contribution in [2.24, 2.45) is 5.92 Å². The lowest BCUT2D eigenvalue weighted by Crippen LogP contribution is -2.36. The van der Waals surface area contributed by atoms with Crippen molar-refractivity contribution in [3.05, 3.63) is 36.0 Å². The number of benzene rings is 1. The Bertz CT molecular complexity index is 605. The van der Waals surface area contributed by atoms with E-state index in [-0.39, 0.29) is 5.82 Å². The first kappa shape index (κ1) is 16.1. The van der Waals surface area contributed by atoms with Gasteiger partial charge in [-0.15, -0.1) is 0 Å². The van der Waals surface area contributed by atoms with Gasteiger partial charge in [-0.25, -0.2) is 4.39 Å². The molecule has 0 radical (unpaired) electrons. The summed E-state index contributed by atoms with van der Waals surface area (Å²) in [5.41, 5.74) is 0.769. The van der Waals surface area contributed by atoms with Crippen LogP contribution in [0.15, 0.2) is 28.8 Å². The van der Waals surface area contributed by atoms with Crippen LogP contribution in [0, 0.1) is 11.7 Å². The molecule has 1 aromatic carbocycles. The SMILES string of the molecule is CCNCC1CCN(Cc2nc(-c3ccc(F)cc3)no2)CC1. The van der Waals surface area contributed by atoms with Gasteiger partial charge in [0.1, 0.15) is 5.82 Å². The van der Waals surface area contributed by atoms with Crippen LogP contribution >= 0.6 is 0 Å². The first-order valence-corrected chi connectivity index (χ1v) is 8.26. The molecule has 0 aliphatic carbocycles. The third-order valence-electron chi connectivity index (χ3n) is 4.32. The first-order chi connectivity index (χ1) is 11.2. The first-order valence-electron chi connectivity index (χ1n) is 8.26. The van der Waals surface area contributed by atoms with Gasteiger partial charge in [-0.05, 0) is 69.2 Å². The van der Waals surface area contributed by atoms with Crippen molar-refractivity contribution in [3.8, 4) is 11.4 Å². The molecule has 3 rings (SSSR count). The lowest BCUT2D eigenvalue weighted by atomic mass is 9.97. The van der Waals surface area contributed by atoms with Gasteiger partial charge in [-0.1, -0.05) is 12.1 Å². The maximum atomic E-state index is 13.0. The topological polar surface area (TPSA) is 54.2 Å². The summed E-state index contributed by atoms with van der Waals surface area (Å²) in [6.45, 7) is 7.09. The van der Waals surface area contributed by atoms with Gasteiger partial charge in [0.2, 0.25) is 11.7 Å². The number of hydrogen-bond acceptors (Lipinski definition) is 5. The van der Waals surface area contributed by atoms with Crippen LogP contribution in [0.5, 0.6) is 0 Å². The average molecular weight is 318 g/mol. The number of aromatic nitrogens is 2. The molecule has 23 heavy (non-hydrogen) atoms. The van der Waals surface area contributed by atoms with Crippen molar-refractivity contribution in [2.75, 3.05) is 26.2 Å². The van der Waals surface area contributed by atoms with Gasteiger partial charge >= 0.3 is 0 Å². The molecule has 0 bridgehead atoms. The fourth-order valence-corrected chi connectivity index (χ4v) is 2.92. The molecule has 1 fully saturated rings. The standard InChI is InChI=1S/C17H23FN4O/c1-2-19-11-13-7-9-22(10-8-13)12-16-20-17(21-23-16)14-3-5-15(18)6-4-14/h3-6,13,19H,2,7-12H2,1H3. The molecule has 6 heteroatoms. The van der Waals surface area contributed by atoms with Gasteiger partial charge in [0.15, 0.2) is 0 Å². The number of nitrogens with zero attached hydrogens (tertiary/aromatic N) is 3. The van der Waals surface area contributed by atoms with Crippen molar-refractivity contribution in [2.45, 2.75) is 26.3 Å². The maximum Gasteiger partial charge on any atom is 0.241 e. The van der Waals surface area contributed by atoms with Gasteiger partial charge in [0, 0.05) is 5.56 Å². The van der Waals surface area contributed by atoms with Crippen LogP contribution in [-0.4, -0.2) is 41.2 Å². The molecule has 2 aromatic rings.